The van der Waals surface area contributed by atoms with Crippen molar-refractivity contribution in [2.45, 2.75) is 38.4 Å². The van der Waals surface area contributed by atoms with Gasteiger partial charge >= 0.3 is 0 Å². The van der Waals surface area contributed by atoms with E-state index in [1.54, 1.807) is 0 Å². The van der Waals surface area contributed by atoms with E-state index in [-0.39, 0.29) is 0 Å². The summed E-state index contributed by atoms with van der Waals surface area (Å²) in [4.78, 5) is 0. The number of rotatable bonds is 8. The van der Waals surface area contributed by atoms with E-state index in [9.17, 15) is 0 Å². The molecule has 14 heavy (non-hydrogen) atoms. The zero-order chi connectivity index (χ0) is 9.80. The minimum absolute atomic E-state index is 0.408. The van der Waals surface area contributed by atoms with Crippen LogP contribution in [0.4, 0.5) is 0 Å². The molecule has 0 amide bonds. The molecule has 0 aromatic rings. The van der Waals surface area contributed by atoms with Gasteiger partial charge in [0.15, 0.2) is 0 Å². The van der Waals surface area contributed by atoms with E-state index in [0.717, 1.165) is 32.3 Å². The first-order valence-corrected chi connectivity index (χ1v) is 5.65. The molecule has 0 aliphatic carbocycles. The Hall–Kier alpha value is -0.120. The monoisotopic (exact) mass is 200 g/mol. The van der Waals surface area contributed by atoms with Crippen LogP contribution < -0.4 is 0 Å². The first kappa shape index (κ1) is 10.4. The maximum absolute atomic E-state index is 5.49. The van der Waals surface area contributed by atoms with Gasteiger partial charge in [-0.1, -0.05) is 6.92 Å². The maximum Gasteiger partial charge on any atom is 0.104 e. The van der Waals surface area contributed by atoms with Crippen LogP contribution in [0.5, 0.6) is 0 Å². The lowest BCUT2D eigenvalue weighted by Gasteiger charge is -2.09. The second-order valence-electron chi connectivity index (χ2n) is 4.46. The molecule has 3 heteroatoms. The van der Waals surface area contributed by atoms with Crippen molar-refractivity contribution in [1.29, 1.82) is 0 Å². The zero-order valence-electron chi connectivity index (χ0n) is 8.91. The Morgan fingerprint density at radius 2 is 1.93 bits per heavy atom. The molecule has 2 aliphatic rings. The average molecular weight is 200 g/mol. The van der Waals surface area contributed by atoms with Gasteiger partial charge in [0.25, 0.3) is 0 Å². The molecule has 0 saturated carbocycles. The molecule has 0 radical (unpaired) electrons. The predicted molar refractivity (Wildman–Crippen MR) is 53.3 cm³/mol. The highest BCUT2D eigenvalue weighted by Crippen LogP contribution is 2.20. The molecule has 2 rings (SSSR count). The Kier molecular flexibility index (Phi) is 3.79. The van der Waals surface area contributed by atoms with E-state index < -0.39 is 0 Å². The third kappa shape index (κ3) is 4.40. The fraction of sp³-hybridized carbons (Fsp3) is 1.00. The lowest BCUT2D eigenvalue weighted by molar-refractivity contribution is 0.104. The number of epoxide rings is 2. The smallest absolute Gasteiger partial charge is 0.104 e. The van der Waals surface area contributed by atoms with Gasteiger partial charge in [-0.25, -0.2) is 0 Å². The molecule has 0 spiro atoms. The van der Waals surface area contributed by atoms with Gasteiger partial charge in [0, 0.05) is 6.61 Å². The van der Waals surface area contributed by atoms with E-state index in [1.165, 1.54) is 19.3 Å². The van der Waals surface area contributed by atoms with Crippen LogP contribution in [0, 0.1) is 5.92 Å². The second-order valence-corrected chi connectivity index (χ2v) is 4.46. The lowest BCUT2D eigenvalue weighted by atomic mass is 10.0. The molecule has 2 saturated heterocycles. The third-order valence-electron chi connectivity index (χ3n) is 2.84. The van der Waals surface area contributed by atoms with E-state index >= 15 is 0 Å². The normalized spacial score (nSPS) is 31.5. The van der Waals surface area contributed by atoms with Gasteiger partial charge in [-0.05, 0) is 25.2 Å². The summed E-state index contributed by atoms with van der Waals surface area (Å²) in [6.45, 7) is 5.85. The van der Waals surface area contributed by atoms with Crippen molar-refractivity contribution in [1.82, 2.24) is 0 Å². The van der Waals surface area contributed by atoms with Crippen molar-refractivity contribution in [3.05, 3.63) is 0 Å². The summed E-state index contributed by atoms with van der Waals surface area (Å²) in [5, 5.41) is 0. The highest BCUT2D eigenvalue weighted by atomic mass is 16.6. The van der Waals surface area contributed by atoms with Crippen molar-refractivity contribution in [2.75, 3.05) is 26.4 Å². The molecule has 2 aliphatic heterocycles. The van der Waals surface area contributed by atoms with Crippen LogP contribution in [0.1, 0.15) is 26.2 Å². The van der Waals surface area contributed by atoms with E-state index in [2.05, 4.69) is 6.92 Å². The van der Waals surface area contributed by atoms with Gasteiger partial charge in [-0.3, -0.25) is 0 Å². The predicted octanol–water partition coefficient (Wildman–Crippen LogP) is 1.61. The van der Waals surface area contributed by atoms with Gasteiger partial charge in [0.2, 0.25) is 0 Å². The molecule has 3 unspecified atom stereocenters. The van der Waals surface area contributed by atoms with Crippen molar-refractivity contribution < 1.29 is 14.2 Å². The Balaban J connectivity index is 1.38. The fourth-order valence-corrected chi connectivity index (χ4v) is 1.51. The van der Waals surface area contributed by atoms with Gasteiger partial charge in [-0.15, -0.1) is 0 Å². The lowest BCUT2D eigenvalue weighted by Crippen LogP contribution is -2.07. The summed E-state index contributed by atoms with van der Waals surface area (Å²) in [5.74, 6) is 0.763. The molecule has 82 valence electrons. The molecule has 2 heterocycles. The summed E-state index contributed by atoms with van der Waals surface area (Å²) in [6, 6.07) is 0. The number of hydrogen-bond acceptors (Lipinski definition) is 3. The molecule has 0 aromatic carbocycles. The summed E-state index contributed by atoms with van der Waals surface area (Å²) in [5.41, 5.74) is 0. The van der Waals surface area contributed by atoms with Crippen LogP contribution in [0.3, 0.4) is 0 Å². The van der Waals surface area contributed by atoms with Crippen LogP contribution in [0.15, 0.2) is 0 Å². The second kappa shape index (κ2) is 5.10. The molecular formula is C11H20O3. The standard InChI is InChI=1S/C11H20O3/c1-9(2-3-10-7-13-10)4-5-12-6-11-8-14-11/h9-11H,2-8H2,1H3. The first-order valence-electron chi connectivity index (χ1n) is 5.65. The Morgan fingerprint density at radius 3 is 2.57 bits per heavy atom. The Bertz CT molecular complexity index is 164. The first-order chi connectivity index (χ1) is 6.84. The Labute approximate surface area is 85.7 Å². The van der Waals surface area contributed by atoms with Gasteiger partial charge in [0.05, 0.1) is 25.9 Å². The van der Waals surface area contributed by atoms with Crippen LogP contribution in [-0.2, 0) is 14.2 Å². The van der Waals surface area contributed by atoms with E-state index in [0.29, 0.717) is 12.2 Å². The zero-order valence-corrected chi connectivity index (χ0v) is 8.91. The van der Waals surface area contributed by atoms with Crippen molar-refractivity contribution >= 4 is 0 Å². The summed E-state index contributed by atoms with van der Waals surface area (Å²) in [7, 11) is 0. The SMILES string of the molecule is CC(CCOCC1CO1)CCC1CO1. The third-order valence-corrected chi connectivity index (χ3v) is 2.84. The number of ether oxygens (including phenoxy) is 3. The topological polar surface area (TPSA) is 34.3 Å². The molecule has 3 nitrogen and oxygen atoms in total. The van der Waals surface area contributed by atoms with Crippen molar-refractivity contribution in [3.8, 4) is 0 Å². The van der Waals surface area contributed by atoms with Crippen LogP contribution in [0.25, 0.3) is 0 Å². The highest BCUT2D eigenvalue weighted by molar-refractivity contribution is 4.70. The molecule has 0 bridgehead atoms. The van der Waals surface area contributed by atoms with Gasteiger partial charge in [0.1, 0.15) is 6.10 Å². The van der Waals surface area contributed by atoms with Crippen molar-refractivity contribution in [2.24, 2.45) is 5.92 Å². The van der Waals surface area contributed by atoms with Crippen molar-refractivity contribution in [3.63, 3.8) is 0 Å². The molecule has 3 atom stereocenters. The van der Waals surface area contributed by atoms with Gasteiger partial charge < -0.3 is 14.2 Å². The van der Waals surface area contributed by atoms with Gasteiger partial charge in [-0.2, -0.15) is 0 Å². The quantitative estimate of drug-likeness (QED) is 0.441. The number of hydrogen-bond donors (Lipinski definition) is 0. The molecular weight excluding hydrogens is 180 g/mol. The molecule has 0 aromatic heterocycles. The molecule has 2 fully saturated rings. The maximum atomic E-state index is 5.49. The summed E-state index contributed by atoms with van der Waals surface area (Å²) < 4.78 is 15.7. The Morgan fingerprint density at radius 1 is 1.21 bits per heavy atom. The van der Waals surface area contributed by atoms with Crippen LogP contribution in [-0.4, -0.2) is 38.6 Å². The summed E-state index contributed by atoms with van der Waals surface area (Å²) in [6.07, 6.45) is 4.66. The van der Waals surface area contributed by atoms with E-state index in [4.69, 9.17) is 14.2 Å². The summed E-state index contributed by atoms with van der Waals surface area (Å²) >= 11 is 0. The fourth-order valence-electron chi connectivity index (χ4n) is 1.51. The largest absolute Gasteiger partial charge is 0.379 e. The van der Waals surface area contributed by atoms with Crippen LogP contribution >= 0.6 is 0 Å². The van der Waals surface area contributed by atoms with E-state index in [1.807, 2.05) is 0 Å². The minimum Gasteiger partial charge on any atom is -0.379 e. The highest BCUT2D eigenvalue weighted by Gasteiger charge is 2.23. The average Bonchev–Trinajstić information content (AvgIpc) is 3.02. The van der Waals surface area contributed by atoms with Crippen LogP contribution in [0.2, 0.25) is 0 Å². The minimum atomic E-state index is 0.408. The molecule has 0 N–H and O–H groups in total.